The van der Waals surface area contributed by atoms with Crippen molar-refractivity contribution in [3.63, 3.8) is 0 Å². The Morgan fingerprint density at radius 3 is 2.62 bits per heavy atom. The first kappa shape index (κ1) is 19.6. The number of nitrogens with zero attached hydrogens (tertiary/aromatic N) is 2. The zero-order valence-electron chi connectivity index (χ0n) is 13.5. The molecule has 0 saturated heterocycles. The van der Waals surface area contributed by atoms with Crippen LogP contribution in [0.5, 0.6) is 0 Å². The molecule has 1 heterocycles. The van der Waals surface area contributed by atoms with Gasteiger partial charge in [0.15, 0.2) is 6.61 Å². The number of nitrogens with one attached hydrogen (secondary N) is 2. The number of benzene rings is 1. The van der Waals surface area contributed by atoms with Crippen LogP contribution in [0.3, 0.4) is 0 Å². The summed E-state index contributed by atoms with van der Waals surface area (Å²) >= 11 is 0.325. The zero-order valence-corrected chi connectivity index (χ0v) is 14.3. The lowest BCUT2D eigenvalue weighted by atomic mass is 10.3. The fourth-order valence-electron chi connectivity index (χ4n) is 1.84. The summed E-state index contributed by atoms with van der Waals surface area (Å²) in [6.07, 6.45) is 3.13. The Labute approximate surface area is 152 Å². The number of carbonyl (C=O) groups is 2. The summed E-state index contributed by atoms with van der Waals surface area (Å²) in [6.45, 7) is -0.257. The molecule has 0 unspecified atom stereocenters. The maximum Gasteiger partial charge on any atom is 0.308 e. The summed E-state index contributed by atoms with van der Waals surface area (Å²) in [7, 11) is 0. The first-order valence-corrected chi connectivity index (χ1v) is 8.43. The van der Waals surface area contributed by atoms with Crippen LogP contribution in [0.15, 0.2) is 47.6 Å². The van der Waals surface area contributed by atoms with Crippen LogP contribution in [-0.2, 0) is 14.3 Å². The number of hydrogen-bond acceptors (Lipinski definition) is 7. The quantitative estimate of drug-likeness (QED) is 0.509. The Hall–Kier alpha value is -2.75. The Balaban J connectivity index is 1.72. The highest BCUT2D eigenvalue weighted by atomic mass is 32.2. The molecule has 1 amide bonds. The summed E-state index contributed by atoms with van der Waals surface area (Å²) in [6, 6.07) is 7.82. The van der Waals surface area contributed by atoms with Crippen LogP contribution in [-0.4, -0.2) is 40.8 Å². The molecule has 0 bridgehead atoms. The van der Waals surface area contributed by atoms with Crippen LogP contribution in [0.2, 0.25) is 0 Å². The van der Waals surface area contributed by atoms with E-state index in [1.54, 1.807) is 30.6 Å². The van der Waals surface area contributed by atoms with Crippen molar-refractivity contribution < 1.29 is 23.1 Å². The Kier molecular flexibility index (Phi) is 7.75. The molecule has 0 spiro atoms. The lowest BCUT2D eigenvalue weighted by molar-refractivity contribution is -0.147. The van der Waals surface area contributed by atoms with Crippen molar-refractivity contribution in [1.82, 2.24) is 9.97 Å². The van der Waals surface area contributed by atoms with Gasteiger partial charge in [-0.05, 0) is 18.2 Å². The van der Waals surface area contributed by atoms with Gasteiger partial charge in [0.05, 0.1) is 12.1 Å². The van der Waals surface area contributed by atoms with Crippen LogP contribution in [0.25, 0.3) is 0 Å². The topological polar surface area (TPSA) is 93.2 Å². The second-order valence-electron chi connectivity index (χ2n) is 4.83. The average molecular weight is 382 g/mol. The number of thioether (sulfide) groups is 1. The summed E-state index contributed by atoms with van der Waals surface area (Å²) in [5.74, 6) is -3.42. The first-order chi connectivity index (χ1) is 12.5. The van der Waals surface area contributed by atoms with Crippen molar-refractivity contribution >= 4 is 35.3 Å². The number of alkyl halides is 2. The normalized spacial score (nSPS) is 10.4. The van der Waals surface area contributed by atoms with E-state index in [1.165, 1.54) is 12.1 Å². The van der Waals surface area contributed by atoms with E-state index < -0.39 is 24.2 Å². The third-order valence-electron chi connectivity index (χ3n) is 2.92. The van der Waals surface area contributed by atoms with Crippen LogP contribution in [0.4, 0.5) is 20.4 Å². The van der Waals surface area contributed by atoms with E-state index in [0.29, 0.717) is 17.7 Å². The molecule has 0 aliphatic rings. The second-order valence-corrected chi connectivity index (χ2v) is 5.86. The number of hydrogen-bond donors (Lipinski definition) is 2. The van der Waals surface area contributed by atoms with Crippen molar-refractivity contribution in [1.29, 1.82) is 0 Å². The summed E-state index contributed by atoms with van der Waals surface area (Å²) in [5.41, 5.74) is 0.238. The highest BCUT2D eigenvalue weighted by Gasteiger charge is 2.13. The van der Waals surface area contributed by atoms with E-state index >= 15 is 0 Å². The number of esters is 1. The number of rotatable bonds is 9. The fourth-order valence-corrected chi connectivity index (χ4v) is 2.44. The minimum absolute atomic E-state index is 0.0172. The number of anilines is 2. The Bertz CT molecular complexity index is 734. The zero-order chi connectivity index (χ0) is 18.8. The number of halogens is 2. The van der Waals surface area contributed by atoms with Crippen LogP contribution >= 0.6 is 11.8 Å². The van der Waals surface area contributed by atoms with E-state index in [0.717, 1.165) is 0 Å². The molecule has 26 heavy (non-hydrogen) atoms. The van der Waals surface area contributed by atoms with Crippen molar-refractivity contribution in [2.75, 3.05) is 23.8 Å². The van der Waals surface area contributed by atoms with E-state index in [4.69, 9.17) is 4.74 Å². The molecule has 0 fully saturated rings. The maximum absolute atomic E-state index is 12.5. The standard InChI is InChI=1S/C16H16F2N4O3S/c17-15(18)26-12-5-2-1-4-11(12)22-13(23)10-25-14(24)6-9-21-16-19-7-3-8-20-16/h1-5,7-8,15H,6,9-10H2,(H,22,23)(H,19,20,21). The van der Waals surface area contributed by atoms with Gasteiger partial charge in [-0.25, -0.2) is 9.97 Å². The van der Waals surface area contributed by atoms with Gasteiger partial charge < -0.3 is 15.4 Å². The lowest BCUT2D eigenvalue weighted by Gasteiger charge is -2.10. The van der Waals surface area contributed by atoms with Gasteiger partial charge in [-0.3, -0.25) is 9.59 Å². The molecule has 1 aromatic carbocycles. The van der Waals surface area contributed by atoms with Crippen LogP contribution in [0, 0.1) is 0 Å². The minimum Gasteiger partial charge on any atom is -0.456 e. The summed E-state index contributed by atoms with van der Waals surface area (Å²) in [4.78, 5) is 31.5. The summed E-state index contributed by atoms with van der Waals surface area (Å²) in [5, 5.41) is 5.28. The van der Waals surface area contributed by atoms with Crippen molar-refractivity contribution in [2.45, 2.75) is 17.1 Å². The molecule has 0 aliphatic heterocycles. The van der Waals surface area contributed by atoms with Gasteiger partial charge in [0, 0.05) is 23.8 Å². The highest BCUT2D eigenvalue weighted by Crippen LogP contribution is 2.31. The number of para-hydroxylation sites is 1. The van der Waals surface area contributed by atoms with E-state index in [2.05, 4.69) is 20.6 Å². The Morgan fingerprint density at radius 1 is 1.15 bits per heavy atom. The molecule has 10 heteroatoms. The fraction of sp³-hybridized carbons (Fsp3) is 0.250. The van der Waals surface area contributed by atoms with Crippen molar-refractivity contribution in [2.24, 2.45) is 0 Å². The Morgan fingerprint density at radius 2 is 1.88 bits per heavy atom. The lowest BCUT2D eigenvalue weighted by Crippen LogP contribution is -2.22. The number of amides is 1. The van der Waals surface area contributed by atoms with Crippen LogP contribution in [0.1, 0.15) is 6.42 Å². The van der Waals surface area contributed by atoms with Gasteiger partial charge >= 0.3 is 5.97 Å². The van der Waals surface area contributed by atoms with Gasteiger partial charge in [-0.1, -0.05) is 23.9 Å². The van der Waals surface area contributed by atoms with E-state index in [9.17, 15) is 18.4 Å². The van der Waals surface area contributed by atoms with Gasteiger partial charge in [0.25, 0.3) is 11.7 Å². The third-order valence-corrected chi connectivity index (χ3v) is 3.71. The molecule has 138 valence electrons. The molecular formula is C16H16F2N4O3S. The molecule has 0 aliphatic carbocycles. The molecule has 2 aromatic rings. The molecule has 0 atom stereocenters. The maximum atomic E-state index is 12.5. The molecule has 0 saturated carbocycles. The third kappa shape index (κ3) is 7.01. The minimum atomic E-state index is -2.60. The monoisotopic (exact) mass is 382 g/mol. The predicted octanol–water partition coefficient (Wildman–Crippen LogP) is 2.78. The van der Waals surface area contributed by atoms with Crippen molar-refractivity contribution in [3.05, 3.63) is 42.7 Å². The second kappa shape index (κ2) is 10.3. The molecule has 7 nitrogen and oxygen atoms in total. The molecule has 2 N–H and O–H groups in total. The molecule has 2 rings (SSSR count). The molecule has 1 aromatic heterocycles. The van der Waals surface area contributed by atoms with E-state index in [-0.39, 0.29) is 23.5 Å². The van der Waals surface area contributed by atoms with Gasteiger partial charge in [-0.15, -0.1) is 0 Å². The smallest absolute Gasteiger partial charge is 0.308 e. The number of ether oxygens (including phenoxy) is 1. The number of carbonyl (C=O) groups excluding carboxylic acids is 2. The number of aromatic nitrogens is 2. The average Bonchev–Trinajstić information content (AvgIpc) is 2.62. The van der Waals surface area contributed by atoms with Crippen LogP contribution < -0.4 is 10.6 Å². The molecule has 0 radical (unpaired) electrons. The van der Waals surface area contributed by atoms with Gasteiger partial charge in [-0.2, -0.15) is 8.78 Å². The first-order valence-electron chi connectivity index (χ1n) is 7.55. The molecular weight excluding hydrogens is 366 g/mol. The van der Waals surface area contributed by atoms with Crippen molar-refractivity contribution in [3.8, 4) is 0 Å². The SMILES string of the molecule is O=C(COC(=O)CCNc1ncccn1)Nc1ccccc1SC(F)F. The van der Waals surface area contributed by atoms with Gasteiger partial charge in [0.2, 0.25) is 5.95 Å². The highest BCUT2D eigenvalue weighted by molar-refractivity contribution is 7.99. The largest absolute Gasteiger partial charge is 0.456 e. The van der Waals surface area contributed by atoms with Gasteiger partial charge in [0.1, 0.15) is 0 Å². The predicted molar refractivity (Wildman–Crippen MR) is 93.0 cm³/mol. The summed E-state index contributed by atoms with van der Waals surface area (Å²) < 4.78 is 29.8. The van der Waals surface area contributed by atoms with E-state index in [1.807, 2.05) is 0 Å².